The van der Waals surface area contributed by atoms with Gasteiger partial charge in [-0.05, 0) is 12.8 Å². The maximum Gasteiger partial charge on any atom is 0.431 e. The van der Waals surface area contributed by atoms with Crippen molar-refractivity contribution in [1.82, 2.24) is 0 Å². The first-order valence-corrected chi connectivity index (χ1v) is 4.68. The third-order valence-electron chi connectivity index (χ3n) is 2.17. The summed E-state index contributed by atoms with van der Waals surface area (Å²) < 4.78 is 85.0. The van der Waals surface area contributed by atoms with Crippen molar-refractivity contribution >= 4 is 0 Å². The highest BCUT2D eigenvalue weighted by atomic mass is 19.4. The van der Waals surface area contributed by atoms with E-state index in [1.165, 1.54) is 0 Å². The molecule has 0 unspecified atom stereocenters. The Morgan fingerprint density at radius 1 is 0.688 bits per heavy atom. The van der Waals surface area contributed by atoms with Gasteiger partial charge >= 0.3 is 12.4 Å². The van der Waals surface area contributed by atoms with Crippen LogP contribution in [0.5, 0.6) is 0 Å². The topological polar surface area (TPSA) is 0 Å². The Hall–Kier alpha value is -0.490. The smallest absolute Gasteiger partial charge is 0.224 e. The zero-order valence-electron chi connectivity index (χ0n) is 8.39. The molecule has 0 nitrogen and oxygen atoms in total. The molecule has 0 atom stereocenters. The predicted octanol–water partition coefficient (Wildman–Crippen LogP) is 4.60. The van der Waals surface area contributed by atoms with Gasteiger partial charge in [-0.3, -0.25) is 0 Å². The number of hydrogen-bond acceptors (Lipinski definition) is 0. The highest BCUT2D eigenvalue weighted by Gasteiger charge is 2.71. The molecule has 16 heavy (non-hydrogen) atoms. The van der Waals surface area contributed by atoms with Crippen LogP contribution in [0.25, 0.3) is 0 Å². The van der Waals surface area contributed by atoms with Crippen LogP contribution >= 0.6 is 0 Å². The van der Waals surface area contributed by atoms with E-state index >= 15 is 0 Å². The van der Waals surface area contributed by atoms with Gasteiger partial charge in [-0.1, -0.05) is 26.2 Å². The largest absolute Gasteiger partial charge is 0.431 e. The Morgan fingerprint density at radius 2 is 1.12 bits per heavy atom. The van der Waals surface area contributed by atoms with Crippen molar-refractivity contribution in [3.8, 4) is 0 Å². The van der Waals surface area contributed by atoms with Crippen LogP contribution in [0.3, 0.4) is 0 Å². The molecule has 0 heterocycles. The second-order valence-corrected chi connectivity index (χ2v) is 3.46. The molecule has 0 bridgehead atoms. The first kappa shape index (κ1) is 15.5. The fourth-order valence-electron chi connectivity index (χ4n) is 1.17. The van der Waals surface area contributed by atoms with Crippen molar-refractivity contribution in [3.05, 3.63) is 6.92 Å². The standard InChI is InChI=1S/C9H12F7/c1-2-3-4-5-6-7(10,8(11,12)13)9(14,15)16/h1-6H2. The average molecular weight is 253 g/mol. The molecule has 0 aromatic carbocycles. The molecule has 0 aliphatic rings. The van der Waals surface area contributed by atoms with Gasteiger partial charge in [0.15, 0.2) is 0 Å². The molecule has 0 aromatic heterocycles. The molecule has 97 valence electrons. The highest BCUT2D eigenvalue weighted by Crippen LogP contribution is 2.49. The lowest BCUT2D eigenvalue weighted by Crippen LogP contribution is -2.53. The van der Waals surface area contributed by atoms with E-state index < -0.39 is 30.9 Å². The van der Waals surface area contributed by atoms with Crippen molar-refractivity contribution in [2.75, 3.05) is 0 Å². The van der Waals surface area contributed by atoms with Gasteiger partial charge in [0, 0.05) is 0 Å². The molecule has 0 aromatic rings. The number of alkyl halides is 7. The molecule has 0 aliphatic heterocycles. The van der Waals surface area contributed by atoms with Gasteiger partial charge in [-0.25, -0.2) is 4.39 Å². The van der Waals surface area contributed by atoms with E-state index in [1.807, 2.05) is 0 Å². The van der Waals surface area contributed by atoms with Crippen LogP contribution in [0.15, 0.2) is 0 Å². The van der Waals surface area contributed by atoms with Crippen molar-refractivity contribution in [2.24, 2.45) is 0 Å². The van der Waals surface area contributed by atoms with Gasteiger partial charge < -0.3 is 0 Å². The molecule has 0 amide bonds. The monoisotopic (exact) mass is 253 g/mol. The van der Waals surface area contributed by atoms with Gasteiger partial charge in [0.1, 0.15) is 0 Å². The van der Waals surface area contributed by atoms with E-state index in [4.69, 9.17) is 0 Å². The fraction of sp³-hybridized carbons (Fsp3) is 0.889. The maximum atomic E-state index is 13.0. The average Bonchev–Trinajstić information content (AvgIpc) is 2.08. The first-order valence-electron chi connectivity index (χ1n) is 4.68. The van der Waals surface area contributed by atoms with Crippen LogP contribution < -0.4 is 0 Å². The summed E-state index contributed by atoms with van der Waals surface area (Å²) in [6.45, 7) is 3.38. The van der Waals surface area contributed by atoms with Gasteiger partial charge in [-0.15, -0.1) is 0 Å². The molecule has 0 spiro atoms. The Kier molecular flexibility index (Phi) is 5.07. The van der Waals surface area contributed by atoms with Crippen molar-refractivity contribution in [2.45, 2.75) is 50.1 Å². The minimum Gasteiger partial charge on any atom is -0.224 e. The highest BCUT2D eigenvalue weighted by molar-refractivity contribution is 4.94. The van der Waals surface area contributed by atoms with E-state index in [1.54, 1.807) is 0 Å². The lowest BCUT2D eigenvalue weighted by molar-refractivity contribution is -0.343. The Bertz CT molecular complexity index is 189. The number of halogens is 7. The minimum absolute atomic E-state index is 0.0985. The second kappa shape index (κ2) is 5.23. The van der Waals surface area contributed by atoms with Gasteiger partial charge in [0.05, 0.1) is 0 Å². The van der Waals surface area contributed by atoms with Gasteiger partial charge in [0.2, 0.25) is 0 Å². The molecule has 0 fully saturated rings. The van der Waals surface area contributed by atoms with E-state index in [0.29, 0.717) is 12.8 Å². The number of rotatable bonds is 5. The Morgan fingerprint density at radius 3 is 1.44 bits per heavy atom. The van der Waals surface area contributed by atoms with Crippen LogP contribution in [0.4, 0.5) is 30.7 Å². The molecule has 0 saturated heterocycles. The molecule has 0 aliphatic carbocycles. The summed E-state index contributed by atoms with van der Waals surface area (Å²) in [7, 11) is 0. The fourth-order valence-corrected chi connectivity index (χ4v) is 1.17. The van der Waals surface area contributed by atoms with Gasteiger partial charge in [0.25, 0.3) is 5.67 Å². The molecular weight excluding hydrogens is 241 g/mol. The minimum atomic E-state index is -5.92. The Balaban J connectivity index is 4.59. The van der Waals surface area contributed by atoms with Crippen LogP contribution in [0.1, 0.15) is 32.1 Å². The van der Waals surface area contributed by atoms with Crippen LogP contribution in [0.2, 0.25) is 0 Å². The summed E-state index contributed by atoms with van der Waals surface area (Å²) in [4.78, 5) is 0. The van der Waals surface area contributed by atoms with Crippen molar-refractivity contribution < 1.29 is 30.7 Å². The van der Waals surface area contributed by atoms with Crippen LogP contribution in [0, 0.1) is 6.92 Å². The third kappa shape index (κ3) is 3.52. The van der Waals surface area contributed by atoms with E-state index in [0.717, 1.165) is 0 Å². The summed E-state index contributed by atoms with van der Waals surface area (Å²) in [6.07, 6.45) is -13.0. The normalized spacial score (nSPS) is 14.2. The number of hydrogen-bond donors (Lipinski definition) is 0. The molecular formula is C9H12F7. The summed E-state index contributed by atoms with van der Waals surface area (Å²) in [5.74, 6) is 0. The number of unbranched alkanes of at least 4 members (excludes halogenated alkanes) is 3. The first-order chi connectivity index (χ1) is 7.06. The van der Waals surface area contributed by atoms with Crippen LogP contribution in [-0.4, -0.2) is 18.0 Å². The van der Waals surface area contributed by atoms with Gasteiger partial charge in [-0.2, -0.15) is 26.3 Å². The maximum absolute atomic E-state index is 13.0. The lowest BCUT2D eigenvalue weighted by atomic mass is 9.96. The van der Waals surface area contributed by atoms with Crippen molar-refractivity contribution in [3.63, 3.8) is 0 Å². The molecule has 7 heteroatoms. The molecule has 0 rings (SSSR count). The third-order valence-corrected chi connectivity index (χ3v) is 2.17. The van der Waals surface area contributed by atoms with E-state index in [9.17, 15) is 30.7 Å². The zero-order chi connectivity index (χ0) is 13.0. The summed E-state index contributed by atoms with van der Waals surface area (Å²) in [6, 6.07) is 0. The molecule has 1 radical (unpaired) electrons. The van der Waals surface area contributed by atoms with Crippen LogP contribution in [-0.2, 0) is 0 Å². The lowest BCUT2D eigenvalue weighted by Gasteiger charge is -2.29. The molecule has 0 N–H and O–H groups in total. The zero-order valence-corrected chi connectivity index (χ0v) is 8.39. The summed E-state index contributed by atoms with van der Waals surface area (Å²) in [5, 5.41) is 0. The SMILES string of the molecule is [CH2]CCCCCC(F)(C(F)(F)F)C(F)(F)F. The summed E-state index contributed by atoms with van der Waals surface area (Å²) >= 11 is 0. The van der Waals surface area contributed by atoms with Crippen molar-refractivity contribution in [1.29, 1.82) is 0 Å². The predicted molar refractivity (Wildman–Crippen MR) is 44.4 cm³/mol. The van der Waals surface area contributed by atoms with E-state index in [-0.39, 0.29) is 6.42 Å². The summed E-state index contributed by atoms with van der Waals surface area (Å²) in [5.41, 5.74) is -5.10. The molecule has 0 saturated carbocycles. The second-order valence-electron chi connectivity index (χ2n) is 3.46. The Labute approximate surface area is 88.8 Å². The quantitative estimate of drug-likeness (QED) is 0.496. The van der Waals surface area contributed by atoms with E-state index in [2.05, 4.69) is 6.92 Å².